The molecule has 1 N–H and O–H groups in total. The Morgan fingerprint density at radius 1 is 1.00 bits per heavy atom. The molecule has 0 radical (unpaired) electrons. The molecule has 1 saturated heterocycles. The number of hydrogen-bond donors (Lipinski definition) is 1. The Bertz CT molecular complexity index is 910. The molecule has 3 heteroatoms. The normalized spacial score (nSPS) is 16.5. The number of aromatic nitrogens is 2. The van der Waals surface area contributed by atoms with E-state index in [0.717, 1.165) is 11.4 Å². The number of rotatable bonds is 3. The molecular weight excluding hydrogens is 318 g/mol. The molecule has 0 spiro atoms. The van der Waals surface area contributed by atoms with Crippen LogP contribution in [0.4, 0.5) is 0 Å². The fourth-order valence-electron chi connectivity index (χ4n) is 4.49. The molecule has 3 nitrogen and oxygen atoms in total. The van der Waals surface area contributed by atoms with Gasteiger partial charge in [0, 0.05) is 33.9 Å². The molecule has 26 heavy (non-hydrogen) atoms. The van der Waals surface area contributed by atoms with E-state index in [4.69, 9.17) is 0 Å². The first-order valence-corrected chi connectivity index (χ1v) is 9.85. The predicted molar refractivity (Wildman–Crippen MR) is 110 cm³/mol. The summed E-state index contributed by atoms with van der Waals surface area (Å²) in [4.78, 5) is 10.8. The minimum Gasteiger partial charge on any atom is -0.358 e. The number of hydrogen-bond acceptors (Lipinski definition) is 2. The van der Waals surface area contributed by atoms with Crippen molar-refractivity contribution in [2.75, 3.05) is 19.6 Å². The van der Waals surface area contributed by atoms with Crippen molar-refractivity contribution in [2.45, 2.75) is 46.5 Å². The Hall–Kier alpha value is -2.13. The number of likely N-dealkylation sites (tertiary alicyclic amines) is 1. The third-order valence-electron chi connectivity index (χ3n) is 5.95. The number of aromatic amines is 1. The van der Waals surface area contributed by atoms with Gasteiger partial charge in [0.2, 0.25) is 0 Å². The first-order chi connectivity index (χ1) is 12.5. The van der Waals surface area contributed by atoms with Crippen molar-refractivity contribution in [3.8, 4) is 11.1 Å². The van der Waals surface area contributed by atoms with Gasteiger partial charge in [0.15, 0.2) is 0 Å². The van der Waals surface area contributed by atoms with Gasteiger partial charge in [0.1, 0.15) is 0 Å². The van der Waals surface area contributed by atoms with Gasteiger partial charge in [-0.3, -0.25) is 4.98 Å². The Morgan fingerprint density at radius 3 is 2.35 bits per heavy atom. The molecule has 1 aromatic carbocycles. The lowest BCUT2D eigenvalue weighted by atomic mass is 9.91. The van der Waals surface area contributed by atoms with Gasteiger partial charge >= 0.3 is 0 Å². The van der Waals surface area contributed by atoms with E-state index < -0.39 is 0 Å². The highest BCUT2D eigenvalue weighted by atomic mass is 15.1. The maximum Gasteiger partial charge on any atom is 0.0465 e. The Morgan fingerprint density at radius 2 is 1.69 bits per heavy atom. The van der Waals surface area contributed by atoms with Crippen molar-refractivity contribution in [3.05, 3.63) is 53.0 Å². The van der Waals surface area contributed by atoms with Crippen LogP contribution < -0.4 is 0 Å². The quantitative estimate of drug-likeness (QED) is 0.692. The van der Waals surface area contributed by atoms with E-state index in [1.54, 1.807) is 0 Å². The molecule has 1 fully saturated rings. The molecule has 3 aromatic rings. The average molecular weight is 348 g/mol. The maximum atomic E-state index is 4.50. The minimum atomic E-state index is 0.666. The van der Waals surface area contributed by atoms with Crippen molar-refractivity contribution < 1.29 is 0 Å². The predicted octanol–water partition coefficient (Wildman–Crippen LogP) is 5.35. The summed E-state index contributed by atoms with van der Waals surface area (Å²) >= 11 is 0. The number of aryl methyl sites for hydroxylation is 3. The van der Waals surface area contributed by atoms with Crippen molar-refractivity contribution >= 4 is 10.9 Å². The molecule has 0 amide bonds. The van der Waals surface area contributed by atoms with Gasteiger partial charge in [-0.05, 0) is 88.1 Å². The summed E-state index contributed by atoms with van der Waals surface area (Å²) in [5.74, 6) is 0.666. The minimum absolute atomic E-state index is 0.666. The zero-order valence-corrected chi connectivity index (χ0v) is 16.4. The number of nitrogens with one attached hydrogen (secondary N) is 1. The van der Waals surface area contributed by atoms with Crippen LogP contribution in [-0.4, -0.2) is 34.5 Å². The van der Waals surface area contributed by atoms with Crippen LogP contribution in [0.15, 0.2) is 30.3 Å². The van der Waals surface area contributed by atoms with Crippen LogP contribution in [0.5, 0.6) is 0 Å². The second-order valence-electron chi connectivity index (χ2n) is 7.77. The van der Waals surface area contributed by atoms with Crippen LogP contribution in [0.2, 0.25) is 0 Å². The molecule has 4 rings (SSSR count). The van der Waals surface area contributed by atoms with E-state index >= 15 is 0 Å². The highest BCUT2D eigenvalue weighted by molar-refractivity contribution is 5.88. The topological polar surface area (TPSA) is 31.9 Å². The number of benzene rings is 1. The zero-order valence-electron chi connectivity index (χ0n) is 16.4. The highest BCUT2D eigenvalue weighted by Gasteiger charge is 2.23. The smallest absolute Gasteiger partial charge is 0.0465 e. The van der Waals surface area contributed by atoms with Crippen LogP contribution in [-0.2, 0) is 0 Å². The summed E-state index contributed by atoms with van der Waals surface area (Å²) in [6.45, 7) is 12.3. The lowest BCUT2D eigenvalue weighted by Crippen LogP contribution is -2.32. The SMILES string of the molecule is CCN1CCC(c2[nH]c3cc(-c4cc(C)nc(C)c4)ccc3c2C)CC1. The number of nitrogens with zero attached hydrogens (tertiary/aromatic N) is 2. The van der Waals surface area contributed by atoms with Crippen LogP contribution in [0.1, 0.15) is 48.3 Å². The summed E-state index contributed by atoms with van der Waals surface area (Å²) in [5, 5.41) is 1.36. The lowest BCUT2D eigenvalue weighted by Gasteiger charge is -2.31. The largest absolute Gasteiger partial charge is 0.358 e. The Labute approximate surface area is 156 Å². The second-order valence-corrected chi connectivity index (χ2v) is 7.77. The molecular formula is C23H29N3. The standard InChI is InChI=1S/C23H29N3/c1-5-26-10-8-18(9-11-26)23-17(4)21-7-6-19(14-22(21)25-23)20-12-15(2)24-16(3)13-20/h6-7,12-14,18,25H,5,8-11H2,1-4H3. The molecule has 0 aliphatic carbocycles. The maximum absolute atomic E-state index is 4.50. The van der Waals surface area contributed by atoms with E-state index in [1.807, 2.05) is 0 Å². The third kappa shape index (κ3) is 3.16. The van der Waals surface area contributed by atoms with E-state index in [2.05, 4.69) is 72.9 Å². The number of piperidine rings is 1. The van der Waals surface area contributed by atoms with E-state index in [0.29, 0.717) is 5.92 Å². The average Bonchev–Trinajstić information content (AvgIpc) is 2.97. The van der Waals surface area contributed by atoms with Gasteiger partial charge < -0.3 is 9.88 Å². The summed E-state index contributed by atoms with van der Waals surface area (Å²) in [6, 6.07) is 11.2. The van der Waals surface area contributed by atoms with Crippen molar-refractivity contribution in [2.24, 2.45) is 0 Å². The van der Waals surface area contributed by atoms with Crippen molar-refractivity contribution in [1.82, 2.24) is 14.9 Å². The second kappa shape index (κ2) is 6.88. The van der Waals surface area contributed by atoms with E-state index in [9.17, 15) is 0 Å². The summed E-state index contributed by atoms with van der Waals surface area (Å²) in [6.07, 6.45) is 2.52. The van der Waals surface area contributed by atoms with Gasteiger partial charge in [-0.2, -0.15) is 0 Å². The monoisotopic (exact) mass is 347 g/mol. The molecule has 136 valence electrons. The fourth-order valence-corrected chi connectivity index (χ4v) is 4.49. The number of H-pyrrole nitrogens is 1. The summed E-state index contributed by atoms with van der Waals surface area (Å²) in [7, 11) is 0. The van der Waals surface area contributed by atoms with Gasteiger partial charge in [-0.25, -0.2) is 0 Å². The summed E-state index contributed by atoms with van der Waals surface area (Å²) < 4.78 is 0. The lowest BCUT2D eigenvalue weighted by molar-refractivity contribution is 0.221. The summed E-state index contributed by atoms with van der Waals surface area (Å²) in [5.41, 5.74) is 8.82. The molecule has 0 saturated carbocycles. The van der Waals surface area contributed by atoms with Crippen LogP contribution in [0.25, 0.3) is 22.0 Å². The van der Waals surface area contributed by atoms with Crippen LogP contribution >= 0.6 is 0 Å². The van der Waals surface area contributed by atoms with Gasteiger partial charge in [0.05, 0.1) is 0 Å². The number of fused-ring (bicyclic) bond motifs is 1. The number of pyridine rings is 1. The molecule has 0 bridgehead atoms. The van der Waals surface area contributed by atoms with Crippen LogP contribution in [0, 0.1) is 20.8 Å². The molecule has 3 heterocycles. The Kier molecular flexibility index (Phi) is 4.58. The van der Waals surface area contributed by atoms with E-state index in [-0.39, 0.29) is 0 Å². The first-order valence-electron chi connectivity index (χ1n) is 9.85. The zero-order chi connectivity index (χ0) is 18.3. The van der Waals surface area contributed by atoms with Crippen LogP contribution in [0.3, 0.4) is 0 Å². The van der Waals surface area contributed by atoms with Crippen molar-refractivity contribution in [1.29, 1.82) is 0 Å². The molecule has 2 aromatic heterocycles. The first kappa shape index (κ1) is 17.3. The fraction of sp³-hybridized carbons (Fsp3) is 0.435. The Balaban J connectivity index is 1.69. The molecule has 0 atom stereocenters. The molecule has 1 aliphatic rings. The third-order valence-corrected chi connectivity index (χ3v) is 5.95. The molecule has 0 unspecified atom stereocenters. The van der Waals surface area contributed by atoms with Gasteiger partial charge in [-0.15, -0.1) is 0 Å². The molecule has 1 aliphatic heterocycles. The van der Waals surface area contributed by atoms with Gasteiger partial charge in [-0.1, -0.05) is 19.1 Å². The van der Waals surface area contributed by atoms with Gasteiger partial charge in [0.25, 0.3) is 0 Å². The highest BCUT2D eigenvalue weighted by Crippen LogP contribution is 2.35. The van der Waals surface area contributed by atoms with E-state index in [1.165, 1.54) is 65.8 Å². The van der Waals surface area contributed by atoms with Crippen molar-refractivity contribution in [3.63, 3.8) is 0 Å².